The van der Waals surface area contributed by atoms with Crippen molar-refractivity contribution in [2.24, 2.45) is 0 Å². The topological polar surface area (TPSA) is 105 Å². The Morgan fingerprint density at radius 1 is 0.455 bits per heavy atom. The SMILES string of the molecule is CC/C=C\C/C=C\C/C=C\C/C=C\C/C=C\C/C=C\C/C=C\C/C=C\C/C=C\CCCCCCCCCCCC(=O)NC(COP(=O)(O)OCC[N+](C)(C)C)C(O)CCCCCCCCCCCCCCCCCCCC. The van der Waals surface area contributed by atoms with Crippen LogP contribution in [0.3, 0.4) is 0 Å². The second-order valence-corrected chi connectivity index (χ2v) is 23.9. The van der Waals surface area contributed by atoms with Gasteiger partial charge in [-0.2, -0.15) is 0 Å². The Hall–Kier alpha value is -2.84. The summed E-state index contributed by atoms with van der Waals surface area (Å²) in [5.74, 6) is -0.153. The zero-order chi connectivity index (χ0) is 56.3. The molecule has 77 heavy (non-hydrogen) atoms. The number of carbonyl (C=O) groups is 1. The van der Waals surface area contributed by atoms with Crippen LogP contribution in [0.2, 0.25) is 0 Å². The maximum Gasteiger partial charge on any atom is 0.472 e. The zero-order valence-corrected chi connectivity index (χ0v) is 51.6. The van der Waals surface area contributed by atoms with Gasteiger partial charge in [0.25, 0.3) is 0 Å². The lowest BCUT2D eigenvalue weighted by Crippen LogP contribution is -2.46. The van der Waals surface area contributed by atoms with Crippen LogP contribution in [0.4, 0.5) is 0 Å². The van der Waals surface area contributed by atoms with Crippen molar-refractivity contribution in [3.63, 3.8) is 0 Å². The molecule has 8 nitrogen and oxygen atoms in total. The van der Waals surface area contributed by atoms with E-state index in [0.29, 0.717) is 23.9 Å². The van der Waals surface area contributed by atoms with Crippen molar-refractivity contribution in [3.8, 4) is 0 Å². The van der Waals surface area contributed by atoms with Crippen LogP contribution in [0.1, 0.15) is 264 Å². The highest BCUT2D eigenvalue weighted by molar-refractivity contribution is 7.47. The van der Waals surface area contributed by atoms with Crippen molar-refractivity contribution in [1.29, 1.82) is 0 Å². The Morgan fingerprint density at radius 2 is 0.779 bits per heavy atom. The largest absolute Gasteiger partial charge is 0.472 e. The molecule has 3 atom stereocenters. The number of aliphatic hydroxyl groups excluding tert-OH is 1. The summed E-state index contributed by atoms with van der Waals surface area (Å²) < 4.78 is 23.8. The van der Waals surface area contributed by atoms with E-state index < -0.39 is 20.0 Å². The molecule has 0 aliphatic carbocycles. The fourth-order valence-electron chi connectivity index (χ4n) is 8.86. The molecule has 0 aromatic carbocycles. The molecule has 3 unspecified atom stereocenters. The number of aliphatic hydroxyl groups is 1. The lowest BCUT2D eigenvalue weighted by Gasteiger charge is -2.26. The minimum absolute atomic E-state index is 0.0690. The zero-order valence-electron chi connectivity index (χ0n) is 50.7. The van der Waals surface area contributed by atoms with Gasteiger partial charge in [-0.15, -0.1) is 0 Å². The third-order valence-corrected chi connectivity index (χ3v) is 14.8. The smallest absolute Gasteiger partial charge is 0.391 e. The van der Waals surface area contributed by atoms with E-state index in [1.54, 1.807) is 0 Å². The highest BCUT2D eigenvalue weighted by atomic mass is 31.2. The number of nitrogens with one attached hydrogen (secondary N) is 1. The molecule has 1 amide bonds. The van der Waals surface area contributed by atoms with Crippen molar-refractivity contribution < 1.29 is 32.9 Å². The van der Waals surface area contributed by atoms with Gasteiger partial charge in [-0.05, 0) is 83.5 Å². The van der Waals surface area contributed by atoms with E-state index in [4.69, 9.17) is 9.05 Å². The molecule has 0 saturated heterocycles. The molecule has 0 saturated carbocycles. The normalized spacial score (nSPS) is 14.5. The van der Waals surface area contributed by atoms with E-state index in [2.05, 4.69) is 129 Å². The molecule has 3 N–H and O–H groups in total. The van der Waals surface area contributed by atoms with Crippen molar-refractivity contribution in [2.75, 3.05) is 40.9 Å². The molecule has 0 aromatic heterocycles. The van der Waals surface area contributed by atoms with Crippen molar-refractivity contribution in [2.45, 2.75) is 276 Å². The standard InChI is InChI=1S/C68H121N2O6P/c1-6-8-10-12-14-16-18-20-22-24-26-27-28-29-30-31-32-33-34-35-36-37-38-39-40-41-42-43-44-46-48-50-52-54-56-58-60-62-68(72)69-66(65-76-77(73,74)75-64-63-70(3,4)5)67(71)61-59-57-55-53-51-49-47-45-25-23-21-19-17-15-13-11-9-7-2/h8,10,14,16,20,22,26-27,29-30,32-33,35-36,38-39,41-42,66-67,71H,6-7,9,11-13,15,17-19,21,23-25,28,31,34,37,40,43-65H2,1-5H3,(H-,69,72,73,74)/p+1/b10-8-,16-14-,22-20-,27-26-,30-29-,33-32-,36-35-,39-38-,42-41-. The lowest BCUT2D eigenvalue weighted by molar-refractivity contribution is -0.870. The highest BCUT2D eigenvalue weighted by Crippen LogP contribution is 2.43. The molecule has 0 radical (unpaired) electrons. The average molecular weight is 1090 g/mol. The van der Waals surface area contributed by atoms with Crippen molar-refractivity contribution in [1.82, 2.24) is 5.32 Å². The minimum Gasteiger partial charge on any atom is -0.391 e. The van der Waals surface area contributed by atoms with Crippen LogP contribution in [0.25, 0.3) is 0 Å². The first-order chi connectivity index (χ1) is 37.5. The molecule has 0 rings (SSSR count). The maximum absolute atomic E-state index is 13.0. The fourth-order valence-corrected chi connectivity index (χ4v) is 9.60. The van der Waals surface area contributed by atoms with Gasteiger partial charge in [-0.1, -0.05) is 284 Å². The van der Waals surface area contributed by atoms with E-state index >= 15 is 0 Å². The summed E-state index contributed by atoms with van der Waals surface area (Å²) in [7, 11) is 1.60. The van der Waals surface area contributed by atoms with Gasteiger partial charge < -0.3 is 19.8 Å². The molecule has 0 heterocycles. The fraction of sp³-hybridized carbons (Fsp3) is 0.721. The van der Waals surface area contributed by atoms with Gasteiger partial charge in [0.05, 0.1) is 39.9 Å². The molecule has 0 aliphatic heterocycles. The Balaban J connectivity index is 4.12. The first-order valence-electron chi connectivity index (χ1n) is 31.8. The summed E-state index contributed by atoms with van der Waals surface area (Å²) in [5.41, 5.74) is 0. The number of phosphoric ester groups is 1. The number of hydrogen-bond acceptors (Lipinski definition) is 5. The lowest BCUT2D eigenvalue weighted by atomic mass is 10.0. The molecule has 444 valence electrons. The highest BCUT2D eigenvalue weighted by Gasteiger charge is 2.28. The summed E-state index contributed by atoms with van der Waals surface area (Å²) in [6.07, 6.45) is 84.4. The molecular weight excluding hydrogens is 972 g/mol. The number of nitrogens with zero attached hydrogens (tertiary/aromatic N) is 1. The number of hydrogen-bond donors (Lipinski definition) is 3. The monoisotopic (exact) mass is 1090 g/mol. The van der Waals surface area contributed by atoms with Gasteiger partial charge in [-0.25, -0.2) is 4.57 Å². The molecular formula is C68H122N2O6P+. The number of unbranched alkanes of at least 4 members (excludes halogenated alkanes) is 26. The molecule has 0 spiro atoms. The quantitative estimate of drug-likeness (QED) is 0.0243. The molecule has 9 heteroatoms. The molecule has 0 bridgehead atoms. The predicted molar refractivity (Wildman–Crippen MR) is 336 cm³/mol. The van der Waals surface area contributed by atoms with Crippen LogP contribution in [0, 0.1) is 0 Å². The summed E-state index contributed by atoms with van der Waals surface area (Å²) >= 11 is 0. The summed E-state index contributed by atoms with van der Waals surface area (Å²) in [6, 6.07) is -0.772. The third kappa shape index (κ3) is 60.6. The number of likely N-dealkylation sites (N-methyl/N-ethyl adjacent to an activating group) is 1. The van der Waals surface area contributed by atoms with E-state index in [1.807, 2.05) is 21.1 Å². The van der Waals surface area contributed by atoms with Gasteiger partial charge in [0.15, 0.2) is 0 Å². The first kappa shape index (κ1) is 74.2. The van der Waals surface area contributed by atoms with Gasteiger partial charge in [0.1, 0.15) is 13.2 Å². The Kier molecular flexibility index (Phi) is 55.7. The van der Waals surface area contributed by atoms with Crippen LogP contribution in [0.5, 0.6) is 0 Å². The van der Waals surface area contributed by atoms with Crippen LogP contribution >= 0.6 is 7.82 Å². The second-order valence-electron chi connectivity index (χ2n) is 22.4. The summed E-state index contributed by atoms with van der Waals surface area (Å²) in [6.45, 7) is 4.78. The van der Waals surface area contributed by atoms with Crippen LogP contribution in [0.15, 0.2) is 109 Å². The number of rotatable bonds is 57. The summed E-state index contributed by atoms with van der Waals surface area (Å²) in [4.78, 5) is 23.4. The van der Waals surface area contributed by atoms with E-state index in [0.717, 1.165) is 103 Å². The first-order valence-corrected chi connectivity index (χ1v) is 33.2. The van der Waals surface area contributed by atoms with Crippen LogP contribution in [-0.2, 0) is 18.4 Å². The Labute approximate surface area is 476 Å². The van der Waals surface area contributed by atoms with E-state index in [-0.39, 0.29) is 19.1 Å². The van der Waals surface area contributed by atoms with Gasteiger partial charge in [-0.3, -0.25) is 13.8 Å². The van der Waals surface area contributed by atoms with E-state index in [9.17, 15) is 19.4 Å². The third-order valence-electron chi connectivity index (χ3n) is 13.8. The molecule has 0 fully saturated rings. The average Bonchev–Trinajstić information content (AvgIpc) is 3.39. The number of allylic oxidation sites excluding steroid dienone is 18. The van der Waals surface area contributed by atoms with Crippen molar-refractivity contribution in [3.05, 3.63) is 109 Å². The number of amides is 1. The number of phosphoric acid groups is 1. The van der Waals surface area contributed by atoms with Crippen LogP contribution < -0.4 is 5.32 Å². The second kappa shape index (κ2) is 57.8. The molecule has 0 aromatic rings. The van der Waals surface area contributed by atoms with Crippen molar-refractivity contribution >= 4 is 13.7 Å². The Bertz CT molecular complexity index is 1620. The van der Waals surface area contributed by atoms with Gasteiger partial charge in [0.2, 0.25) is 5.91 Å². The van der Waals surface area contributed by atoms with E-state index in [1.165, 1.54) is 135 Å². The predicted octanol–water partition coefficient (Wildman–Crippen LogP) is 19.9. The number of carbonyl (C=O) groups excluding carboxylic acids is 1. The van der Waals surface area contributed by atoms with Gasteiger partial charge >= 0.3 is 7.82 Å². The van der Waals surface area contributed by atoms with Crippen LogP contribution in [-0.4, -0.2) is 73.4 Å². The summed E-state index contributed by atoms with van der Waals surface area (Å²) in [5, 5.41) is 14.1. The minimum atomic E-state index is -4.33. The number of quaternary nitrogens is 1. The van der Waals surface area contributed by atoms with Gasteiger partial charge in [0, 0.05) is 6.42 Å². The Morgan fingerprint density at radius 3 is 1.14 bits per heavy atom. The molecule has 0 aliphatic rings. The maximum atomic E-state index is 13.0.